The zero-order valence-corrected chi connectivity index (χ0v) is 18.8. The van der Waals surface area contributed by atoms with Crippen LogP contribution in [0.3, 0.4) is 0 Å². The summed E-state index contributed by atoms with van der Waals surface area (Å²) in [5.74, 6) is -0.807. The molecule has 0 fully saturated rings. The molecule has 3 N–H and O–H groups in total. The van der Waals surface area contributed by atoms with Gasteiger partial charge in [-0.05, 0) is 32.1 Å². The van der Waals surface area contributed by atoms with Crippen molar-refractivity contribution in [2.24, 2.45) is 0 Å². The molecule has 0 saturated heterocycles. The highest BCUT2D eigenvalue weighted by Crippen LogP contribution is 2.35. The van der Waals surface area contributed by atoms with Gasteiger partial charge in [0.15, 0.2) is 5.78 Å². The topological polar surface area (TPSA) is 113 Å². The van der Waals surface area contributed by atoms with Crippen molar-refractivity contribution in [3.63, 3.8) is 0 Å². The molecule has 7 nitrogen and oxygen atoms in total. The summed E-state index contributed by atoms with van der Waals surface area (Å²) in [6.45, 7) is 1.26. The van der Waals surface area contributed by atoms with Crippen LogP contribution in [-0.4, -0.2) is 34.6 Å². The third-order valence-electron chi connectivity index (χ3n) is 4.54. The quantitative estimate of drug-likeness (QED) is 0.144. The highest BCUT2D eigenvalue weighted by Gasteiger charge is 2.16. The van der Waals surface area contributed by atoms with Crippen molar-refractivity contribution in [2.75, 3.05) is 13.2 Å². The predicted molar refractivity (Wildman–Crippen MR) is 115 cm³/mol. The van der Waals surface area contributed by atoms with Crippen LogP contribution in [0.4, 0.5) is 0 Å². The van der Waals surface area contributed by atoms with Crippen LogP contribution in [-0.2, 0) is 18.7 Å². The molecule has 0 spiro atoms. The Morgan fingerprint density at radius 3 is 1.93 bits per heavy atom. The summed E-state index contributed by atoms with van der Waals surface area (Å²) in [6, 6.07) is 0. The van der Waals surface area contributed by atoms with E-state index < -0.39 is 20.2 Å². The fourth-order valence-corrected chi connectivity index (χ4v) is 3.16. The lowest BCUT2D eigenvalue weighted by atomic mass is 10.1. The number of Topliss-reactive ketones (excluding diaryl/α,β-unsaturated/α-hetero) is 1. The van der Waals surface area contributed by atoms with Gasteiger partial charge in [-0.15, -0.1) is 0 Å². The highest BCUT2D eigenvalue weighted by atomic mass is 31.2. The second kappa shape index (κ2) is 19.0. The molecule has 0 aliphatic rings. The van der Waals surface area contributed by atoms with Crippen molar-refractivity contribution in [1.82, 2.24) is 5.32 Å². The van der Waals surface area contributed by atoms with Crippen molar-refractivity contribution in [3.05, 3.63) is 12.2 Å². The third-order valence-corrected chi connectivity index (χ3v) is 5.01. The number of amides is 1. The van der Waals surface area contributed by atoms with Gasteiger partial charge in [0.2, 0.25) is 5.91 Å². The van der Waals surface area contributed by atoms with E-state index in [0.717, 1.165) is 32.1 Å². The number of carbonyl (C=O) groups is 2. The van der Waals surface area contributed by atoms with E-state index in [1.165, 1.54) is 51.4 Å². The molecule has 0 aromatic carbocycles. The van der Waals surface area contributed by atoms with Gasteiger partial charge in [0.25, 0.3) is 0 Å². The fraction of sp³-hybridized carbons (Fsp3) is 0.810. The standard InChI is InChI=1S/C21H40NO6P/c1-2-3-4-5-6-7-8-9-10-11-12-13-14-15-16-17-21(24)22-18-20(23)19-28-29(25,26)27/h9-10H,2-8,11-19H2,1H3,(H,22,24)(H2,25,26,27)/b10-9-. The number of phosphoric ester groups is 1. The van der Waals surface area contributed by atoms with Gasteiger partial charge >= 0.3 is 7.82 Å². The summed E-state index contributed by atoms with van der Waals surface area (Å²) in [7, 11) is -4.65. The van der Waals surface area contributed by atoms with Gasteiger partial charge in [0.05, 0.1) is 6.54 Å². The maximum Gasteiger partial charge on any atom is 0.470 e. The minimum Gasteiger partial charge on any atom is -0.349 e. The van der Waals surface area contributed by atoms with Crippen LogP contribution >= 0.6 is 7.82 Å². The molecule has 0 aromatic heterocycles. The molecular weight excluding hydrogens is 393 g/mol. The van der Waals surface area contributed by atoms with Crippen LogP contribution in [0.25, 0.3) is 0 Å². The summed E-state index contributed by atoms with van der Waals surface area (Å²) in [5, 5.41) is 2.44. The number of rotatable bonds is 20. The predicted octanol–water partition coefficient (Wildman–Crippen LogP) is 4.82. The summed E-state index contributed by atoms with van der Waals surface area (Å²) in [6.07, 6.45) is 20.4. The van der Waals surface area contributed by atoms with Gasteiger partial charge in [-0.2, -0.15) is 0 Å². The van der Waals surface area contributed by atoms with Crippen LogP contribution in [0.15, 0.2) is 12.2 Å². The molecule has 170 valence electrons. The Bertz CT molecular complexity index is 503. The Labute approximate surface area is 175 Å². The van der Waals surface area contributed by atoms with Crippen molar-refractivity contribution < 1.29 is 28.5 Å². The smallest absolute Gasteiger partial charge is 0.349 e. The Morgan fingerprint density at radius 1 is 0.862 bits per heavy atom. The van der Waals surface area contributed by atoms with Gasteiger partial charge in [0, 0.05) is 6.42 Å². The first-order chi connectivity index (χ1) is 13.8. The average Bonchev–Trinajstić information content (AvgIpc) is 2.67. The maximum absolute atomic E-state index is 11.6. The Balaban J connectivity index is 3.39. The molecule has 0 saturated carbocycles. The number of unbranched alkanes of at least 4 members (excludes halogenated alkanes) is 11. The molecule has 0 aliphatic carbocycles. The molecule has 0 heterocycles. The highest BCUT2D eigenvalue weighted by molar-refractivity contribution is 7.46. The lowest BCUT2D eigenvalue weighted by molar-refractivity contribution is -0.126. The molecule has 0 aliphatic heterocycles. The molecule has 8 heteroatoms. The monoisotopic (exact) mass is 433 g/mol. The second-order valence-corrected chi connectivity index (χ2v) is 8.65. The van der Waals surface area contributed by atoms with Crippen LogP contribution in [0.1, 0.15) is 96.8 Å². The number of hydrogen-bond donors (Lipinski definition) is 3. The third kappa shape index (κ3) is 23.1. The van der Waals surface area contributed by atoms with Crippen LogP contribution < -0.4 is 5.32 Å². The van der Waals surface area contributed by atoms with Gasteiger partial charge in [-0.3, -0.25) is 14.1 Å². The normalized spacial score (nSPS) is 11.8. The SMILES string of the molecule is CCCCCCCC/C=C\CCCCCCCC(=O)NCC(=O)COP(=O)(O)O. The lowest BCUT2D eigenvalue weighted by Crippen LogP contribution is -2.31. The molecule has 0 rings (SSSR count). The van der Waals surface area contributed by atoms with E-state index in [1.807, 2.05) is 0 Å². The molecule has 0 unspecified atom stereocenters. The first-order valence-corrected chi connectivity index (χ1v) is 12.5. The number of phosphoric acid groups is 1. The van der Waals surface area contributed by atoms with Gasteiger partial charge in [-0.1, -0.05) is 70.4 Å². The average molecular weight is 434 g/mol. The first kappa shape index (κ1) is 28.0. The van der Waals surface area contributed by atoms with Crippen LogP contribution in [0, 0.1) is 0 Å². The molecule has 29 heavy (non-hydrogen) atoms. The lowest BCUT2D eigenvalue weighted by Gasteiger charge is -2.06. The van der Waals surface area contributed by atoms with E-state index in [-0.39, 0.29) is 12.5 Å². The molecule has 0 bridgehead atoms. The van der Waals surface area contributed by atoms with E-state index in [0.29, 0.717) is 6.42 Å². The summed E-state index contributed by atoms with van der Waals surface area (Å²) >= 11 is 0. The largest absolute Gasteiger partial charge is 0.470 e. The van der Waals surface area contributed by atoms with E-state index in [2.05, 4.69) is 28.9 Å². The minimum absolute atomic E-state index is 0.229. The van der Waals surface area contributed by atoms with Crippen molar-refractivity contribution in [3.8, 4) is 0 Å². The van der Waals surface area contributed by atoms with Crippen LogP contribution in [0.2, 0.25) is 0 Å². The van der Waals surface area contributed by atoms with Crippen molar-refractivity contribution >= 4 is 19.5 Å². The Morgan fingerprint density at radius 2 is 1.38 bits per heavy atom. The summed E-state index contributed by atoms with van der Waals surface area (Å²) in [5.41, 5.74) is 0. The van der Waals surface area contributed by atoms with Crippen molar-refractivity contribution in [1.29, 1.82) is 0 Å². The fourth-order valence-electron chi connectivity index (χ4n) is 2.85. The number of nitrogens with one attached hydrogen (secondary N) is 1. The van der Waals surface area contributed by atoms with Gasteiger partial charge < -0.3 is 15.1 Å². The molecule has 0 atom stereocenters. The number of hydrogen-bond acceptors (Lipinski definition) is 4. The Kier molecular flexibility index (Phi) is 18.3. The molecular formula is C21H40NO6P. The number of carbonyl (C=O) groups excluding carboxylic acids is 2. The second-order valence-electron chi connectivity index (χ2n) is 7.41. The van der Waals surface area contributed by atoms with E-state index in [9.17, 15) is 14.2 Å². The molecule has 0 radical (unpaired) electrons. The molecule has 0 aromatic rings. The zero-order valence-electron chi connectivity index (χ0n) is 17.9. The van der Waals surface area contributed by atoms with E-state index in [4.69, 9.17) is 9.79 Å². The van der Waals surface area contributed by atoms with Crippen molar-refractivity contribution in [2.45, 2.75) is 96.8 Å². The van der Waals surface area contributed by atoms with Crippen LogP contribution in [0.5, 0.6) is 0 Å². The number of allylic oxidation sites excluding steroid dienone is 2. The zero-order chi connectivity index (χ0) is 21.8. The summed E-state index contributed by atoms with van der Waals surface area (Å²) < 4.78 is 14.5. The van der Waals surface area contributed by atoms with E-state index in [1.54, 1.807) is 0 Å². The first-order valence-electron chi connectivity index (χ1n) is 11.0. The summed E-state index contributed by atoms with van der Waals surface area (Å²) in [4.78, 5) is 39.9. The molecule has 1 amide bonds. The van der Waals surface area contributed by atoms with Gasteiger partial charge in [0.1, 0.15) is 6.61 Å². The maximum atomic E-state index is 11.6. The van der Waals surface area contributed by atoms with Gasteiger partial charge in [-0.25, -0.2) is 4.57 Å². The Hall–Kier alpha value is -1.01. The van der Waals surface area contributed by atoms with E-state index >= 15 is 0 Å². The number of ketones is 1. The minimum atomic E-state index is -4.65.